The summed E-state index contributed by atoms with van der Waals surface area (Å²) in [6.45, 7) is 3.79. The van der Waals surface area contributed by atoms with Gasteiger partial charge in [0.1, 0.15) is 6.29 Å². The lowest BCUT2D eigenvalue weighted by Gasteiger charge is -2.23. The molecular weight excluding hydrogens is 246 g/mol. The van der Waals surface area contributed by atoms with Crippen molar-refractivity contribution in [2.24, 2.45) is 5.14 Å². The highest BCUT2D eigenvalue weighted by Crippen LogP contribution is 2.42. The Hall–Kier alpha value is -1.00. The smallest absolute Gasteiger partial charge is 0.150 e. The van der Waals surface area contributed by atoms with Gasteiger partial charge < -0.3 is 0 Å². The Morgan fingerprint density at radius 3 is 2.61 bits per heavy atom. The molecular formula is C14H19NO2S. The van der Waals surface area contributed by atoms with Crippen molar-refractivity contribution in [3.8, 4) is 0 Å². The molecule has 18 heavy (non-hydrogen) atoms. The molecule has 0 heterocycles. The van der Waals surface area contributed by atoms with Crippen molar-refractivity contribution in [3.63, 3.8) is 0 Å². The molecule has 2 N–H and O–H groups in total. The van der Waals surface area contributed by atoms with E-state index in [1.165, 1.54) is 18.4 Å². The number of rotatable bonds is 5. The molecule has 4 heteroatoms. The topological polar surface area (TPSA) is 60.2 Å². The summed E-state index contributed by atoms with van der Waals surface area (Å²) in [5.41, 5.74) is 3.08. The normalized spacial score (nSPS) is 17.5. The third-order valence-corrected chi connectivity index (χ3v) is 4.71. The SMILES string of the molecule is CC(C)(Cc1cc(C=O)ccc1C1CC1)[S@](N)=O. The Labute approximate surface area is 110 Å². The lowest BCUT2D eigenvalue weighted by molar-refractivity contribution is 0.112. The quantitative estimate of drug-likeness (QED) is 0.831. The van der Waals surface area contributed by atoms with E-state index in [1.807, 2.05) is 32.0 Å². The summed E-state index contributed by atoms with van der Waals surface area (Å²) >= 11 is 0. The molecule has 0 radical (unpaired) electrons. The number of hydrogen-bond donors (Lipinski definition) is 1. The summed E-state index contributed by atoms with van der Waals surface area (Å²) in [7, 11) is -1.37. The Morgan fingerprint density at radius 1 is 1.44 bits per heavy atom. The van der Waals surface area contributed by atoms with Crippen molar-refractivity contribution in [1.82, 2.24) is 0 Å². The predicted molar refractivity (Wildman–Crippen MR) is 73.9 cm³/mol. The van der Waals surface area contributed by atoms with E-state index in [-0.39, 0.29) is 0 Å². The average Bonchev–Trinajstić information content (AvgIpc) is 3.12. The summed E-state index contributed by atoms with van der Waals surface area (Å²) in [6, 6.07) is 5.80. The van der Waals surface area contributed by atoms with E-state index in [4.69, 9.17) is 5.14 Å². The predicted octanol–water partition coefficient (Wildman–Crippen LogP) is 2.32. The molecule has 98 valence electrons. The molecule has 0 unspecified atom stereocenters. The molecule has 1 atom stereocenters. The molecule has 0 aliphatic heterocycles. The van der Waals surface area contributed by atoms with Crippen molar-refractivity contribution < 1.29 is 9.00 Å². The summed E-state index contributed by atoms with van der Waals surface area (Å²) in [6.07, 6.45) is 3.91. The van der Waals surface area contributed by atoms with E-state index < -0.39 is 15.7 Å². The molecule has 1 aromatic carbocycles. The van der Waals surface area contributed by atoms with Gasteiger partial charge in [0.05, 0.1) is 15.7 Å². The van der Waals surface area contributed by atoms with Crippen LogP contribution in [0.5, 0.6) is 0 Å². The Balaban J connectivity index is 2.34. The molecule has 1 aromatic rings. The van der Waals surface area contributed by atoms with Crippen molar-refractivity contribution in [2.75, 3.05) is 0 Å². The lowest BCUT2D eigenvalue weighted by atomic mass is 9.93. The van der Waals surface area contributed by atoms with E-state index in [2.05, 4.69) is 0 Å². The Morgan fingerprint density at radius 2 is 2.11 bits per heavy atom. The summed E-state index contributed by atoms with van der Waals surface area (Å²) in [4.78, 5) is 10.9. The monoisotopic (exact) mass is 265 g/mol. The maximum atomic E-state index is 11.5. The van der Waals surface area contributed by atoms with E-state index in [0.717, 1.165) is 11.8 Å². The van der Waals surface area contributed by atoms with Crippen LogP contribution in [0.3, 0.4) is 0 Å². The van der Waals surface area contributed by atoms with Crippen molar-refractivity contribution in [1.29, 1.82) is 0 Å². The third kappa shape index (κ3) is 2.87. The minimum absolute atomic E-state index is 0.467. The minimum atomic E-state index is -1.37. The first kappa shape index (κ1) is 13.4. The van der Waals surface area contributed by atoms with Crippen LogP contribution in [0.25, 0.3) is 0 Å². The molecule has 0 bridgehead atoms. The van der Waals surface area contributed by atoms with E-state index >= 15 is 0 Å². The second-order valence-electron chi connectivity index (χ2n) is 5.58. The summed E-state index contributed by atoms with van der Waals surface area (Å²) < 4.78 is 11.1. The second kappa shape index (κ2) is 4.94. The Kier molecular flexibility index (Phi) is 3.69. The molecule has 2 rings (SSSR count). The first-order valence-electron chi connectivity index (χ1n) is 6.18. The molecule has 1 fully saturated rings. The third-order valence-electron chi connectivity index (χ3n) is 3.48. The van der Waals surface area contributed by atoms with Gasteiger partial charge in [-0.3, -0.25) is 9.93 Å². The highest BCUT2D eigenvalue weighted by atomic mass is 32.2. The molecule has 1 saturated carbocycles. The number of carbonyl (C=O) groups excluding carboxylic acids is 1. The van der Waals surface area contributed by atoms with Crippen LogP contribution in [0.2, 0.25) is 0 Å². The van der Waals surface area contributed by atoms with E-state index in [1.54, 1.807) is 0 Å². The molecule has 0 aromatic heterocycles. The summed E-state index contributed by atoms with van der Waals surface area (Å²) in [5.74, 6) is 0.614. The number of nitrogens with two attached hydrogens (primary N) is 1. The maximum Gasteiger partial charge on any atom is 0.150 e. The molecule has 3 nitrogen and oxygen atoms in total. The highest BCUT2D eigenvalue weighted by Gasteiger charge is 2.30. The van der Waals surface area contributed by atoms with Crippen LogP contribution in [-0.4, -0.2) is 15.2 Å². The Bertz CT molecular complexity index is 493. The van der Waals surface area contributed by atoms with Gasteiger partial charge >= 0.3 is 0 Å². The molecule has 1 aliphatic rings. The van der Waals surface area contributed by atoms with Gasteiger partial charge in [-0.25, -0.2) is 4.21 Å². The zero-order valence-electron chi connectivity index (χ0n) is 10.8. The van der Waals surface area contributed by atoms with Crippen molar-refractivity contribution in [2.45, 2.75) is 43.8 Å². The maximum absolute atomic E-state index is 11.5. The van der Waals surface area contributed by atoms with Crippen LogP contribution in [0.1, 0.15) is 54.1 Å². The van der Waals surface area contributed by atoms with Crippen molar-refractivity contribution >= 4 is 17.3 Å². The number of benzene rings is 1. The van der Waals surface area contributed by atoms with Gasteiger partial charge in [0.25, 0.3) is 0 Å². The van der Waals surface area contributed by atoms with Crippen molar-refractivity contribution in [3.05, 3.63) is 34.9 Å². The highest BCUT2D eigenvalue weighted by molar-refractivity contribution is 7.84. The molecule has 0 amide bonds. The van der Waals surface area contributed by atoms with Gasteiger partial charge in [-0.05, 0) is 56.2 Å². The largest absolute Gasteiger partial charge is 0.298 e. The van der Waals surface area contributed by atoms with Crippen LogP contribution in [0.15, 0.2) is 18.2 Å². The molecule has 1 aliphatic carbocycles. The number of aldehydes is 1. The van der Waals surface area contributed by atoms with Crippen LogP contribution in [-0.2, 0) is 17.4 Å². The fraction of sp³-hybridized carbons (Fsp3) is 0.500. The van der Waals surface area contributed by atoms with Crippen LogP contribution < -0.4 is 5.14 Å². The van der Waals surface area contributed by atoms with Gasteiger partial charge in [0, 0.05) is 5.56 Å². The lowest BCUT2D eigenvalue weighted by Crippen LogP contribution is -2.34. The summed E-state index contributed by atoms with van der Waals surface area (Å²) in [5, 5.41) is 5.53. The fourth-order valence-corrected chi connectivity index (χ4v) is 2.47. The average molecular weight is 265 g/mol. The van der Waals surface area contributed by atoms with Crippen LogP contribution in [0.4, 0.5) is 0 Å². The first-order chi connectivity index (χ1) is 8.44. The zero-order chi connectivity index (χ0) is 13.3. The van der Waals surface area contributed by atoms with Gasteiger partial charge in [0.2, 0.25) is 0 Å². The number of hydrogen-bond acceptors (Lipinski definition) is 2. The van der Waals surface area contributed by atoms with E-state index in [9.17, 15) is 9.00 Å². The second-order valence-corrected chi connectivity index (χ2v) is 7.28. The van der Waals surface area contributed by atoms with Crippen LogP contribution in [0, 0.1) is 0 Å². The van der Waals surface area contributed by atoms with E-state index in [0.29, 0.717) is 17.9 Å². The van der Waals surface area contributed by atoms with Gasteiger partial charge in [0.15, 0.2) is 0 Å². The van der Waals surface area contributed by atoms with Gasteiger partial charge in [-0.2, -0.15) is 0 Å². The molecule has 0 spiro atoms. The van der Waals surface area contributed by atoms with Gasteiger partial charge in [-0.1, -0.05) is 12.1 Å². The molecule has 0 saturated heterocycles. The fourth-order valence-electron chi connectivity index (χ4n) is 2.17. The zero-order valence-corrected chi connectivity index (χ0v) is 11.6. The standard InChI is InChI=1S/C14H19NO2S/c1-14(2,18(15)17)8-12-7-10(9-16)3-6-13(12)11-4-5-11/h3,6-7,9,11H,4-5,8,15H2,1-2H3/t18-/m1/s1. The van der Waals surface area contributed by atoms with Crippen LogP contribution >= 0.6 is 0 Å². The number of carbonyl (C=O) groups is 1. The van der Waals surface area contributed by atoms with Gasteiger partial charge in [-0.15, -0.1) is 0 Å². The first-order valence-corrected chi connectivity index (χ1v) is 7.39. The minimum Gasteiger partial charge on any atom is -0.298 e.